The number of hydrogen-bond donors (Lipinski definition) is 3. The van der Waals surface area contributed by atoms with Crippen LogP contribution < -0.4 is 16.4 Å². The topological polar surface area (TPSA) is 100 Å². The first-order valence-corrected chi connectivity index (χ1v) is 6.77. The molecular weight excluding hydrogens is 266 g/mol. The first kappa shape index (κ1) is 15.2. The summed E-state index contributed by atoms with van der Waals surface area (Å²) in [4.78, 5) is 29.1. The lowest BCUT2D eigenvalue weighted by Crippen LogP contribution is -2.36. The fraction of sp³-hybridized carbons (Fsp3) is 0.545. The summed E-state index contributed by atoms with van der Waals surface area (Å²) in [6.07, 6.45) is 0.958. The molecule has 0 aliphatic carbocycles. The average Bonchev–Trinajstić information content (AvgIpc) is 2.76. The van der Waals surface area contributed by atoms with Crippen LogP contribution in [0.2, 0.25) is 0 Å². The van der Waals surface area contributed by atoms with Crippen LogP contribution in [0.1, 0.15) is 23.0 Å². The predicted octanol–water partition coefficient (Wildman–Crippen LogP) is 0.365. The number of anilines is 2. The van der Waals surface area contributed by atoms with Crippen LogP contribution in [0, 0.1) is 0 Å². The van der Waals surface area contributed by atoms with Crippen LogP contribution in [0.4, 0.5) is 10.9 Å². The summed E-state index contributed by atoms with van der Waals surface area (Å²) < 4.78 is 0. The SMILES string of the molecule is CCCNc1nc(N)c(C(=O)N(C)CC(=O)NC)s1. The number of nitrogens with one attached hydrogen (secondary N) is 2. The van der Waals surface area contributed by atoms with Crippen LogP contribution in [0.15, 0.2) is 0 Å². The number of thiazole rings is 1. The molecule has 2 amide bonds. The lowest BCUT2D eigenvalue weighted by molar-refractivity contribution is -0.121. The quantitative estimate of drug-likeness (QED) is 0.701. The molecule has 0 bridgehead atoms. The van der Waals surface area contributed by atoms with Crippen molar-refractivity contribution in [3.63, 3.8) is 0 Å². The average molecular weight is 285 g/mol. The zero-order chi connectivity index (χ0) is 14.4. The van der Waals surface area contributed by atoms with Crippen molar-refractivity contribution in [3.05, 3.63) is 4.88 Å². The number of nitrogens with zero attached hydrogens (tertiary/aromatic N) is 2. The van der Waals surface area contributed by atoms with Crippen molar-refractivity contribution in [2.75, 3.05) is 38.2 Å². The zero-order valence-corrected chi connectivity index (χ0v) is 12.1. The molecule has 0 saturated carbocycles. The number of rotatable bonds is 6. The fourth-order valence-electron chi connectivity index (χ4n) is 1.33. The standard InChI is InChI=1S/C11H19N5O2S/c1-4-5-14-11-15-9(12)8(19-11)10(18)16(3)6-7(17)13-2/h4-6,12H2,1-3H3,(H,13,17)(H,14,15). The van der Waals surface area contributed by atoms with Gasteiger partial charge >= 0.3 is 0 Å². The number of aromatic nitrogens is 1. The van der Waals surface area contributed by atoms with E-state index in [-0.39, 0.29) is 24.2 Å². The summed E-state index contributed by atoms with van der Waals surface area (Å²) in [5.74, 6) is -0.344. The van der Waals surface area contributed by atoms with E-state index in [2.05, 4.69) is 15.6 Å². The van der Waals surface area contributed by atoms with Crippen LogP contribution in [0.5, 0.6) is 0 Å². The summed E-state index contributed by atoms with van der Waals surface area (Å²) in [6, 6.07) is 0. The molecule has 0 atom stereocenters. The molecule has 0 spiro atoms. The van der Waals surface area contributed by atoms with Gasteiger partial charge in [0.25, 0.3) is 5.91 Å². The molecule has 19 heavy (non-hydrogen) atoms. The molecule has 0 radical (unpaired) electrons. The number of likely N-dealkylation sites (N-methyl/N-ethyl adjacent to an activating group) is 2. The van der Waals surface area contributed by atoms with Gasteiger partial charge in [-0.05, 0) is 6.42 Å². The minimum absolute atomic E-state index is 0.00953. The molecule has 106 valence electrons. The molecule has 1 aromatic rings. The lowest BCUT2D eigenvalue weighted by atomic mass is 10.4. The van der Waals surface area contributed by atoms with Gasteiger partial charge in [-0.1, -0.05) is 18.3 Å². The van der Waals surface area contributed by atoms with E-state index in [1.807, 2.05) is 6.92 Å². The third kappa shape index (κ3) is 4.09. The number of amides is 2. The van der Waals surface area contributed by atoms with E-state index >= 15 is 0 Å². The fourth-order valence-corrected chi connectivity index (χ4v) is 2.24. The molecule has 0 aromatic carbocycles. The van der Waals surface area contributed by atoms with Gasteiger partial charge in [0.1, 0.15) is 10.7 Å². The van der Waals surface area contributed by atoms with E-state index in [1.54, 1.807) is 7.05 Å². The van der Waals surface area contributed by atoms with Gasteiger partial charge in [-0.3, -0.25) is 9.59 Å². The van der Waals surface area contributed by atoms with Gasteiger partial charge in [-0.25, -0.2) is 4.98 Å². The van der Waals surface area contributed by atoms with E-state index < -0.39 is 0 Å². The van der Waals surface area contributed by atoms with Gasteiger partial charge in [-0.2, -0.15) is 0 Å². The molecule has 0 fully saturated rings. The molecule has 0 aliphatic rings. The second kappa shape index (κ2) is 6.93. The third-order valence-electron chi connectivity index (χ3n) is 2.38. The Hall–Kier alpha value is -1.83. The smallest absolute Gasteiger partial charge is 0.268 e. The van der Waals surface area contributed by atoms with Gasteiger partial charge in [0.05, 0.1) is 6.54 Å². The summed E-state index contributed by atoms with van der Waals surface area (Å²) in [5, 5.41) is 6.16. The number of nitrogens with two attached hydrogens (primary N) is 1. The van der Waals surface area contributed by atoms with E-state index in [9.17, 15) is 9.59 Å². The summed E-state index contributed by atoms with van der Waals surface area (Å²) in [5.41, 5.74) is 5.73. The molecule has 0 saturated heterocycles. The van der Waals surface area contributed by atoms with Gasteiger partial charge in [0.15, 0.2) is 5.13 Å². The minimum atomic E-state index is -0.303. The van der Waals surface area contributed by atoms with Gasteiger partial charge in [0.2, 0.25) is 5.91 Å². The maximum atomic E-state index is 12.1. The Morgan fingerprint density at radius 3 is 2.74 bits per heavy atom. The molecule has 1 aromatic heterocycles. The molecule has 8 heteroatoms. The van der Waals surface area contributed by atoms with E-state index in [0.717, 1.165) is 13.0 Å². The van der Waals surface area contributed by atoms with Crippen molar-refractivity contribution >= 4 is 34.1 Å². The largest absolute Gasteiger partial charge is 0.382 e. The molecule has 7 nitrogen and oxygen atoms in total. The number of hydrogen-bond acceptors (Lipinski definition) is 6. The van der Waals surface area contributed by atoms with Crippen molar-refractivity contribution in [3.8, 4) is 0 Å². The van der Waals surface area contributed by atoms with Crippen molar-refractivity contribution in [2.45, 2.75) is 13.3 Å². The monoisotopic (exact) mass is 285 g/mol. The lowest BCUT2D eigenvalue weighted by Gasteiger charge is -2.14. The van der Waals surface area contributed by atoms with Crippen LogP contribution in [0.3, 0.4) is 0 Å². The van der Waals surface area contributed by atoms with E-state index in [4.69, 9.17) is 5.73 Å². The molecule has 1 heterocycles. The Labute approximate surface area is 116 Å². The Balaban J connectivity index is 2.75. The maximum Gasteiger partial charge on any atom is 0.268 e. The highest BCUT2D eigenvalue weighted by Crippen LogP contribution is 2.25. The Morgan fingerprint density at radius 1 is 1.47 bits per heavy atom. The summed E-state index contributed by atoms with van der Waals surface area (Å²) in [7, 11) is 3.07. The van der Waals surface area contributed by atoms with E-state index in [1.165, 1.54) is 23.3 Å². The van der Waals surface area contributed by atoms with Crippen molar-refractivity contribution in [1.29, 1.82) is 0 Å². The van der Waals surface area contributed by atoms with Crippen molar-refractivity contribution < 1.29 is 9.59 Å². The van der Waals surface area contributed by atoms with Gasteiger partial charge in [0, 0.05) is 20.6 Å². The Kier molecular flexibility index (Phi) is 5.56. The molecule has 0 aliphatic heterocycles. The molecule has 1 rings (SSSR count). The van der Waals surface area contributed by atoms with Gasteiger partial charge in [-0.15, -0.1) is 0 Å². The number of nitrogen functional groups attached to an aromatic ring is 1. The van der Waals surface area contributed by atoms with Crippen molar-refractivity contribution in [1.82, 2.24) is 15.2 Å². The summed E-state index contributed by atoms with van der Waals surface area (Å²) in [6.45, 7) is 2.80. The normalized spacial score (nSPS) is 10.1. The highest BCUT2D eigenvalue weighted by Gasteiger charge is 2.20. The zero-order valence-electron chi connectivity index (χ0n) is 11.3. The predicted molar refractivity (Wildman–Crippen MR) is 76.3 cm³/mol. The van der Waals surface area contributed by atoms with Crippen LogP contribution in [0.25, 0.3) is 0 Å². The highest BCUT2D eigenvalue weighted by atomic mass is 32.1. The van der Waals surface area contributed by atoms with Crippen LogP contribution in [-0.4, -0.2) is 48.9 Å². The molecular formula is C11H19N5O2S. The first-order chi connectivity index (χ1) is 8.99. The Morgan fingerprint density at radius 2 is 2.16 bits per heavy atom. The second-order valence-corrected chi connectivity index (χ2v) is 4.99. The highest BCUT2D eigenvalue weighted by molar-refractivity contribution is 7.18. The maximum absolute atomic E-state index is 12.1. The third-order valence-corrected chi connectivity index (χ3v) is 3.40. The molecule has 0 unspecified atom stereocenters. The van der Waals surface area contributed by atoms with Crippen molar-refractivity contribution in [2.24, 2.45) is 0 Å². The van der Waals surface area contributed by atoms with E-state index in [0.29, 0.717) is 10.0 Å². The van der Waals surface area contributed by atoms with Crippen LogP contribution >= 0.6 is 11.3 Å². The Bertz CT molecular complexity index is 460. The number of carbonyl (C=O) groups excluding carboxylic acids is 2. The number of carbonyl (C=O) groups is 2. The minimum Gasteiger partial charge on any atom is -0.382 e. The van der Waals surface area contributed by atoms with Gasteiger partial charge < -0.3 is 21.3 Å². The summed E-state index contributed by atoms with van der Waals surface area (Å²) >= 11 is 1.20. The van der Waals surface area contributed by atoms with Crippen LogP contribution in [-0.2, 0) is 4.79 Å². The second-order valence-electron chi connectivity index (χ2n) is 3.99. The molecule has 4 N–H and O–H groups in total. The first-order valence-electron chi connectivity index (χ1n) is 5.95.